The smallest absolute Gasteiger partial charge is 0.252 e. The lowest BCUT2D eigenvalue weighted by Crippen LogP contribution is -2.50. The fourth-order valence-corrected chi connectivity index (χ4v) is 4.45. The van der Waals surface area contributed by atoms with Gasteiger partial charge < -0.3 is 25.7 Å². The molecule has 0 spiro atoms. The van der Waals surface area contributed by atoms with E-state index in [1.165, 1.54) is 6.20 Å². The molecule has 4 N–H and O–H groups in total. The average molecular weight is 357 g/mol. The number of rotatable bonds is 5. The lowest BCUT2D eigenvalue weighted by atomic mass is 9.96. The summed E-state index contributed by atoms with van der Waals surface area (Å²) in [5, 5.41) is 4.38. The highest BCUT2D eigenvalue weighted by molar-refractivity contribution is 6.06. The third-order valence-corrected chi connectivity index (χ3v) is 5.49. The minimum absolute atomic E-state index is 0.0632. The molecule has 138 valence electrons. The average Bonchev–Trinajstić information content (AvgIpc) is 3.18. The minimum atomic E-state index is -0.501. The van der Waals surface area contributed by atoms with Crippen molar-refractivity contribution in [1.82, 2.24) is 14.9 Å². The number of piperidine rings is 1. The van der Waals surface area contributed by atoms with Crippen molar-refractivity contribution >= 4 is 28.5 Å². The minimum Gasteiger partial charge on any atom is -0.381 e. The molecule has 8 nitrogen and oxygen atoms in total. The van der Waals surface area contributed by atoms with E-state index < -0.39 is 5.91 Å². The number of primary amides is 1. The zero-order chi connectivity index (χ0) is 18.3. The largest absolute Gasteiger partial charge is 0.381 e. The van der Waals surface area contributed by atoms with Gasteiger partial charge in [-0.1, -0.05) is 0 Å². The highest BCUT2D eigenvalue weighted by Gasteiger charge is 2.43. The van der Waals surface area contributed by atoms with Crippen molar-refractivity contribution in [3.8, 4) is 0 Å². The van der Waals surface area contributed by atoms with Crippen LogP contribution in [0.2, 0.25) is 0 Å². The monoisotopic (exact) mass is 357 g/mol. The highest BCUT2D eigenvalue weighted by Crippen LogP contribution is 2.38. The lowest BCUT2D eigenvalue weighted by molar-refractivity contribution is -0.139. The van der Waals surface area contributed by atoms with Crippen LogP contribution in [0.4, 0.5) is 5.69 Å². The SMILES string of the molecule is COCC(=O)N1[C@@H]2CC[C@H]1CC(Nc1c(C(N)=O)cnc3[nH]ccc13)C2. The highest BCUT2D eigenvalue weighted by atomic mass is 16.5. The van der Waals surface area contributed by atoms with Crippen molar-refractivity contribution < 1.29 is 14.3 Å². The maximum absolute atomic E-state index is 12.3. The van der Waals surface area contributed by atoms with E-state index in [-0.39, 0.29) is 30.6 Å². The summed E-state index contributed by atoms with van der Waals surface area (Å²) in [4.78, 5) is 33.5. The first-order valence-electron chi connectivity index (χ1n) is 8.91. The van der Waals surface area contributed by atoms with Crippen LogP contribution in [0.5, 0.6) is 0 Å². The number of carbonyl (C=O) groups excluding carboxylic acids is 2. The van der Waals surface area contributed by atoms with Crippen LogP contribution in [0.15, 0.2) is 18.5 Å². The summed E-state index contributed by atoms with van der Waals surface area (Å²) in [5.74, 6) is -0.438. The molecule has 26 heavy (non-hydrogen) atoms. The number of H-pyrrole nitrogens is 1. The summed E-state index contributed by atoms with van der Waals surface area (Å²) in [6, 6.07) is 2.50. The van der Waals surface area contributed by atoms with Gasteiger partial charge in [-0.25, -0.2) is 4.98 Å². The van der Waals surface area contributed by atoms with Gasteiger partial charge >= 0.3 is 0 Å². The first kappa shape index (κ1) is 16.8. The maximum atomic E-state index is 12.3. The summed E-state index contributed by atoms with van der Waals surface area (Å²) in [7, 11) is 1.55. The number of nitrogens with one attached hydrogen (secondary N) is 2. The number of methoxy groups -OCH3 is 1. The van der Waals surface area contributed by atoms with Crippen LogP contribution in [-0.2, 0) is 9.53 Å². The van der Waals surface area contributed by atoms with Crippen LogP contribution >= 0.6 is 0 Å². The van der Waals surface area contributed by atoms with E-state index in [4.69, 9.17) is 10.5 Å². The molecule has 4 rings (SSSR count). The standard InChI is InChI=1S/C18H23N5O3/c1-26-9-15(24)23-11-2-3-12(23)7-10(6-11)22-16-13-4-5-20-18(13)21-8-14(16)17(19)25/h4-5,8,10-12H,2-3,6-7,9H2,1H3,(H2,19,25)(H2,20,21,22)/t10?,11-,12+. The number of amides is 2. The molecule has 1 unspecified atom stereocenters. The molecule has 4 heterocycles. The molecule has 8 heteroatoms. The number of nitrogens with two attached hydrogens (primary N) is 1. The van der Waals surface area contributed by atoms with Gasteiger partial charge in [0.15, 0.2) is 0 Å². The van der Waals surface area contributed by atoms with E-state index in [1.807, 2.05) is 11.0 Å². The van der Waals surface area contributed by atoms with Crippen LogP contribution in [0.3, 0.4) is 0 Å². The van der Waals surface area contributed by atoms with E-state index in [0.717, 1.165) is 36.8 Å². The Morgan fingerprint density at radius 1 is 1.38 bits per heavy atom. The number of carbonyl (C=O) groups is 2. The van der Waals surface area contributed by atoms with Gasteiger partial charge in [0, 0.05) is 43.0 Å². The molecule has 3 atom stereocenters. The molecule has 0 saturated carbocycles. The van der Waals surface area contributed by atoms with E-state index in [0.29, 0.717) is 11.2 Å². The van der Waals surface area contributed by atoms with Gasteiger partial charge in [-0.2, -0.15) is 0 Å². The Balaban J connectivity index is 1.58. The first-order chi connectivity index (χ1) is 12.6. The Hall–Kier alpha value is -2.61. The first-order valence-corrected chi connectivity index (χ1v) is 8.91. The molecule has 2 aromatic rings. The number of aromatic amines is 1. The van der Waals surface area contributed by atoms with Gasteiger partial charge in [0.25, 0.3) is 5.91 Å². The van der Waals surface area contributed by atoms with E-state index in [2.05, 4.69) is 15.3 Å². The van der Waals surface area contributed by atoms with Crippen molar-refractivity contribution in [2.75, 3.05) is 19.0 Å². The number of nitrogens with zero attached hydrogens (tertiary/aromatic N) is 2. The Morgan fingerprint density at radius 2 is 2.12 bits per heavy atom. The second-order valence-corrected chi connectivity index (χ2v) is 7.08. The number of fused-ring (bicyclic) bond motifs is 3. The predicted molar refractivity (Wildman–Crippen MR) is 96.8 cm³/mol. The molecule has 2 aromatic heterocycles. The molecule has 2 aliphatic heterocycles. The predicted octanol–water partition coefficient (Wildman–Crippen LogP) is 1.24. The number of aromatic nitrogens is 2. The van der Waals surface area contributed by atoms with Gasteiger partial charge in [-0.05, 0) is 31.7 Å². The number of hydrogen-bond donors (Lipinski definition) is 3. The van der Waals surface area contributed by atoms with Crippen LogP contribution in [0, 0.1) is 0 Å². The Labute approximate surface area is 151 Å². The van der Waals surface area contributed by atoms with Crippen LogP contribution in [0.1, 0.15) is 36.0 Å². The quantitative estimate of drug-likeness (QED) is 0.745. The number of anilines is 1. The molecule has 2 saturated heterocycles. The Bertz CT molecular complexity index is 834. The number of ether oxygens (including phenoxy) is 1. The van der Waals surface area contributed by atoms with Gasteiger partial charge in [0.2, 0.25) is 5.91 Å². The maximum Gasteiger partial charge on any atom is 0.252 e. The summed E-state index contributed by atoms with van der Waals surface area (Å²) >= 11 is 0. The second kappa shape index (κ2) is 6.60. The van der Waals surface area contributed by atoms with Gasteiger partial charge in [0.05, 0.1) is 11.3 Å². The molecular formula is C18H23N5O3. The fraction of sp³-hybridized carbons (Fsp3) is 0.500. The summed E-state index contributed by atoms with van der Waals surface area (Å²) in [6.07, 6.45) is 7.02. The zero-order valence-corrected chi connectivity index (χ0v) is 14.7. The van der Waals surface area contributed by atoms with Crippen molar-refractivity contribution in [3.05, 3.63) is 24.0 Å². The Kier molecular flexibility index (Phi) is 4.28. The third kappa shape index (κ3) is 2.80. The number of pyridine rings is 1. The lowest BCUT2D eigenvalue weighted by Gasteiger charge is -2.39. The second-order valence-electron chi connectivity index (χ2n) is 7.08. The van der Waals surface area contributed by atoms with E-state index in [1.54, 1.807) is 13.3 Å². The zero-order valence-electron chi connectivity index (χ0n) is 14.7. The van der Waals surface area contributed by atoms with E-state index in [9.17, 15) is 9.59 Å². The Morgan fingerprint density at radius 3 is 2.77 bits per heavy atom. The molecule has 2 fully saturated rings. The summed E-state index contributed by atoms with van der Waals surface area (Å²) in [6.45, 7) is 0.130. The molecule has 2 bridgehead atoms. The topological polar surface area (TPSA) is 113 Å². The van der Waals surface area contributed by atoms with Gasteiger partial charge in [-0.3, -0.25) is 9.59 Å². The molecule has 2 aliphatic rings. The van der Waals surface area contributed by atoms with Crippen molar-refractivity contribution in [2.24, 2.45) is 5.73 Å². The van der Waals surface area contributed by atoms with Crippen LogP contribution < -0.4 is 11.1 Å². The van der Waals surface area contributed by atoms with Crippen molar-refractivity contribution in [1.29, 1.82) is 0 Å². The summed E-state index contributed by atoms with van der Waals surface area (Å²) in [5.41, 5.74) is 7.38. The van der Waals surface area contributed by atoms with Crippen LogP contribution in [-0.4, -0.2) is 58.5 Å². The van der Waals surface area contributed by atoms with Crippen LogP contribution in [0.25, 0.3) is 11.0 Å². The fourth-order valence-electron chi connectivity index (χ4n) is 4.45. The van der Waals surface area contributed by atoms with E-state index >= 15 is 0 Å². The molecule has 0 radical (unpaired) electrons. The molecule has 2 amide bonds. The van der Waals surface area contributed by atoms with Gasteiger partial charge in [-0.15, -0.1) is 0 Å². The normalized spacial score (nSPS) is 24.8. The van der Waals surface area contributed by atoms with Gasteiger partial charge in [0.1, 0.15) is 12.3 Å². The molecular weight excluding hydrogens is 334 g/mol. The summed E-state index contributed by atoms with van der Waals surface area (Å²) < 4.78 is 5.02. The molecule has 0 aromatic carbocycles. The third-order valence-electron chi connectivity index (χ3n) is 5.49. The molecule has 0 aliphatic carbocycles. The number of hydrogen-bond acceptors (Lipinski definition) is 5. The van der Waals surface area contributed by atoms with Crippen molar-refractivity contribution in [2.45, 2.75) is 43.8 Å². The van der Waals surface area contributed by atoms with Crippen molar-refractivity contribution in [3.63, 3.8) is 0 Å².